The predicted molar refractivity (Wildman–Crippen MR) is 125 cm³/mol. The van der Waals surface area contributed by atoms with Crippen LogP contribution in [0.3, 0.4) is 0 Å². The van der Waals surface area contributed by atoms with Crippen LogP contribution in [-0.4, -0.2) is 9.97 Å². The van der Waals surface area contributed by atoms with Crippen LogP contribution < -0.4 is 0 Å². The lowest BCUT2D eigenvalue weighted by molar-refractivity contribution is 0.707. The van der Waals surface area contributed by atoms with Gasteiger partial charge in [-0.15, -0.1) is 0 Å². The maximum atomic E-state index is 5.23. The lowest BCUT2D eigenvalue weighted by Gasteiger charge is -2.31. The molecule has 2 heterocycles. The van der Waals surface area contributed by atoms with Gasteiger partial charge in [-0.25, -0.2) is 0 Å². The van der Waals surface area contributed by atoms with Gasteiger partial charge in [-0.2, -0.15) is 0 Å². The predicted octanol–water partition coefficient (Wildman–Crippen LogP) is 6.51. The van der Waals surface area contributed by atoms with Gasteiger partial charge in [0.1, 0.15) is 5.41 Å². The summed E-state index contributed by atoms with van der Waals surface area (Å²) in [6.07, 6.45) is 1.88. The van der Waals surface area contributed by atoms with Crippen molar-refractivity contribution in [1.82, 2.24) is 9.97 Å². The molecule has 0 amide bonds. The third-order valence-electron chi connectivity index (χ3n) is 6.20. The minimum absolute atomic E-state index is 0.556. The van der Waals surface area contributed by atoms with Crippen molar-refractivity contribution in [2.75, 3.05) is 0 Å². The molecule has 5 aromatic rings. The summed E-state index contributed by atoms with van der Waals surface area (Å²) in [6.45, 7) is 0. The molecule has 1 aliphatic rings. The van der Waals surface area contributed by atoms with Crippen LogP contribution in [0.4, 0.5) is 0 Å². The van der Waals surface area contributed by atoms with Crippen molar-refractivity contribution < 1.29 is 0 Å². The Balaban J connectivity index is 1.72. The van der Waals surface area contributed by atoms with Crippen LogP contribution in [0.5, 0.6) is 0 Å². The third-order valence-corrected chi connectivity index (χ3v) is 6.20. The summed E-state index contributed by atoms with van der Waals surface area (Å²) >= 11 is 0. The van der Waals surface area contributed by atoms with Crippen LogP contribution in [0, 0.1) is 0 Å². The Bertz CT molecular complexity index is 1330. The van der Waals surface area contributed by atoms with E-state index in [1.54, 1.807) is 0 Å². The number of benzene rings is 3. The van der Waals surface area contributed by atoms with Crippen molar-refractivity contribution in [3.63, 3.8) is 0 Å². The van der Waals surface area contributed by atoms with E-state index in [2.05, 4.69) is 103 Å². The van der Waals surface area contributed by atoms with E-state index < -0.39 is 5.41 Å². The summed E-state index contributed by atoms with van der Waals surface area (Å²) in [6, 6.07) is 40.2. The minimum atomic E-state index is -0.556. The zero-order chi connectivity index (χ0) is 20.7. The van der Waals surface area contributed by atoms with E-state index in [1.165, 1.54) is 22.3 Å². The summed E-state index contributed by atoms with van der Waals surface area (Å²) in [5, 5.41) is 0. The standard InChI is InChI=1S/C29H20N2/c1-2-11-21(12-3-1)26-17-10-19-28(31-26)29(27-18-8-9-20-30-27)24-15-6-4-13-22(24)23-14-5-7-16-25(23)29/h1-20H. The first-order valence-electron chi connectivity index (χ1n) is 10.5. The summed E-state index contributed by atoms with van der Waals surface area (Å²) in [5.74, 6) is 0. The molecule has 0 N–H and O–H groups in total. The van der Waals surface area contributed by atoms with Crippen molar-refractivity contribution in [3.05, 3.63) is 144 Å². The molecule has 0 bridgehead atoms. The van der Waals surface area contributed by atoms with E-state index in [0.717, 1.165) is 22.6 Å². The molecule has 2 heteroatoms. The van der Waals surface area contributed by atoms with Gasteiger partial charge in [0.2, 0.25) is 0 Å². The topological polar surface area (TPSA) is 25.8 Å². The Morgan fingerprint density at radius 1 is 0.484 bits per heavy atom. The van der Waals surface area contributed by atoms with Gasteiger partial charge in [-0.1, -0.05) is 91.0 Å². The Kier molecular flexibility index (Phi) is 4.03. The van der Waals surface area contributed by atoms with E-state index >= 15 is 0 Å². The smallest absolute Gasteiger partial charge is 0.106 e. The Morgan fingerprint density at radius 3 is 1.77 bits per heavy atom. The number of nitrogens with zero attached hydrogens (tertiary/aromatic N) is 2. The minimum Gasteiger partial charge on any atom is -0.260 e. The molecule has 0 atom stereocenters. The monoisotopic (exact) mass is 396 g/mol. The SMILES string of the molecule is c1ccc(-c2cccc(C3(c4ccccn4)c4ccccc4-c4ccccc43)n2)cc1. The highest BCUT2D eigenvalue weighted by molar-refractivity contribution is 5.85. The summed E-state index contributed by atoms with van der Waals surface area (Å²) in [7, 11) is 0. The van der Waals surface area contributed by atoms with Crippen LogP contribution >= 0.6 is 0 Å². The van der Waals surface area contributed by atoms with Gasteiger partial charge >= 0.3 is 0 Å². The maximum Gasteiger partial charge on any atom is 0.106 e. The molecule has 0 radical (unpaired) electrons. The molecular formula is C29H20N2. The molecule has 0 saturated carbocycles. The zero-order valence-electron chi connectivity index (χ0n) is 16.9. The van der Waals surface area contributed by atoms with Gasteiger partial charge in [0.15, 0.2) is 0 Å². The largest absolute Gasteiger partial charge is 0.260 e. The zero-order valence-corrected chi connectivity index (χ0v) is 16.9. The number of rotatable bonds is 3. The average molecular weight is 396 g/mol. The van der Waals surface area contributed by atoms with Crippen LogP contribution in [0.25, 0.3) is 22.4 Å². The highest BCUT2D eigenvalue weighted by Gasteiger charge is 2.48. The fourth-order valence-corrected chi connectivity index (χ4v) is 4.92. The molecule has 0 saturated heterocycles. The molecule has 3 aromatic carbocycles. The lowest BCUT2D eigenvalue weighted by Crippen LogP contribution is -2.31. The van der Waals surface area contributed by atoms with Crippen molar-refractivity contribution in [2.45, 2.75) is 5.41 Å². The third kappa shape index (κ3) is 2.58. The first kappa shape index (κ1) is 17.8. The van der Waals surface area contributed by atoms with E-state index in [1.807, 2.05) is 18.3 Å². The summed E-state index contributed by atoms with van der Waals surface area (Å²) < 4.78 is 0. The quantitative estimate of drug-likeness (QED) is 0.341. The number of hydrogen-bond acceptors (Lipinski definition) is 2. The van der Waals surface area contributed by atoms with Gasteiger partial charge in [-0.3, -0.25) is 9.97 Å². The Labute approximate surface area is 181 Å². The second-order valence-corrected chi connectivity index (χ2v) is 7.83. The molecule has 1 aliphatic carbocycles. The molecule has 0 spiro atoms. The highest BCUT2D eigenvalue weighted by Crippen LogP contribution is 2.55. The fraction of sp³-hybridized carbons (Fsp3) is 0.0345. The summed E-state index contributed by atoms with van der Waals surface area (Å²) in [4.78, 5) is 10.1. The van der Waals surface area contributed by atoms with Crippen LogP contribution in [0.15, 0.2) is 121 Å². The Morgan fingerprint density at radius 2 is 1.10 bits per heavy atom. The van der Waals surface area contributed by atoms with Gasteiger partial charge < -0.3 is 0 Å². The molecule has 2 nitrogen and oxygen atoms in total. The van der Waals surface area contributed by atoms with E-state index in [9.17, 15) is 0 Å². The second-order valence-electron chi connectivity index (χ2n) is 7.83. The van der Waals surface area contributed by atoms with Crippen LogP contribution in [0.2, 0.25) is 0 Å². The molecule has 0 fully saturated rings. The summed E-state index contributed by atoms with van der Waals surface area (Å²) in [5.41, 5.74) is 8.45. The van der Waals surface area contributed by atoms with Gasteiger partial charge in [-0.05, 0) is 46.5 Å². The number of pyridine rings is 2. The van der Waals surface area contributed by atoms with E-state index in [4.69, 9.17) is 9.97 Å². The molecule has 0 aliphatic heterocycles. The average Bonchev–Trinajstić information content (AvgIpc) is 3.17. The van der Waals surface area contributed by atoms with Gasteiger partial charge in [0.05, 0.1) is 17.1 Å². The molecule has 6 rings (SSSR count). The first-order valence-corrected chi connectivity index (χ1v) is 10.5. The normalized spacial score (nSPS) is 13.4. The van der Waals surface area contributed by atoms with Crippen LogP contribution in [0.1, 0.15) is 22.5 Å². The second kappa shape index (κ2) is 7.03. The Hall–Kier alpha value is -4.04. The van der Waals surface area contributed by atoms with Crippen molar-refractivity contribution in [2.24, 2.45) is 0 Å². The molecule has 31 heavy (non-hydrogen) atoms. The first-order chi connectivity index (χ1) is 15.4. The van der Waals surface area contributed by atoms with Crippen LogP contribution in [-0.2, 0) is 5.41 Å². The number of hydrogen-bond donors (Lipinski definition) is 0. The lowest BCUT2D eigenvalue weighted by atomic mass is 9.72. The van der Waals surface area contributed by atoms with Crippen molar-refractivity contribution >= 4 is 0 Å². The van der Waals surface area contributed by atoms with Crippen molar-refractivity contribution in [3.8, 4) is 22.4 Å². The van der Waals surface area contributed by atoms with Gasteiger partial charge in [0.25, 0.3) is 0 Å². The van der Waals surface area contributed by atoms with E-state index in [0.29, 0.717) is 0 Å². The molecule has 0 unspecified atom stereocenters. The number of fused-ring (bicyclic) bond motifs is 3. The number of aromatic nitrogens is 2. The molecular weight excluding hydrogens is 376 g/mol. The fourth-order valence-electron chi connectivity index (χ4n) is 4.92. The van der Waals surface area contributed by atoms with Gasteiger partial charge in [0, 0.05) is 11.8 Å². The maximum absolute atomic E-state index is 5.23. The molecule has 2 aromatic heterocycles. The van der Waals surface area contributed by atoms with E-state index in [-0.39, 0.29) is 0 Å². The highest BCUT2D eigenvalue weighted by atomic mass is 14.8. The molecule has 146 valence electrons. The van der Waals surface area contributed by atoms with Crippen molar-refractivity contribution in [1.29, 1.82) is 0 Å².